The summed E-state index contributed by atoms with van der Waals surface area (Å²) in [5.74, 6) is -0.321. The molecule has 1 aromatic heterocycles. The third kappa shape index (κ3) is 2.17. The largest absolute Gasteiger partial charge is 0.506 e. The average molecular weight is 238 g/mol. The number of amides is 1. The van der Waals surface area contributed by atoms with E-state index < -0.39 is 0 Å². The van der Waals surface area contributed by atoms with E-state index in [0.717, 1.165) is 0 Å². The minimum absolute atomic E-state index is 0.0250. The van der Waals surface area contributed by atoms with Gasteiger partial charge in [-0.05, 0) is 24.3 Å². The first-order chi connectivity index (χ1) is 7.66. The van der Waals surface area contributed by atoms with Crippen LogP contribution >= 0.6 is 11.6 Å². The summed E-state index contributed by atoms with van der Waals surface area (Å²) in [4.78, 5) is 11.6. The maximum atomic E-state index is 11.6. The van der Waals surface area contributed by atoms with Crippen molar-refractivity contribution in [2.75, 3.05) is 5.32 Å². The van der Waals surface area contributed by atoms with E-state index >= 15 is 0 Å². The first-order valence-corrected chi connectivity index (χ1v) is 4.86. The van der Waals surface area contributed by atoms with E-state index in [2.05, 4.69) is 5.32 Å². The van der Waals surface area contributed by atoms with Crippen LogP contribution in [0.5, 0.6) is 5.75 Å². The van der Waals surface area contributed by atoms with Gasteiger partial charge in [0.1, 0.15) is 12.0 Å². The Bertz CT molecular complexity index is 508. The van der Waals surface area contributed by atoms with Crippen LogP contribution in [0.1, 0.15) is 10.4 Å². The Labute approximate surface area is 96.5 Å². The van der Waals surface area contributed by atoms with Crippen LogP contribution in [-0.4, -0.2) is 11.0 Å². The molecule has 0 spiro atoms. The van der Waals surface area contributed by atoms with Gasteiger partial charge in [-0.25, -0.2) is 0 Å². The van der Waals surface area contributed by atoms with Crippen LogP contribution in [0.3, 0.4) is 0 Å². The zero-order valence-corrected chi connectivity index (χ0v) is 8.86. The van der Waals surface area contributed by atoms with Crippen LogP contribution in [0, 0.1) is 0 Å². The summed E-state index contributed by atoms with van der Waals surface area (Å²) in [6, 6.07) is 5.98. The second-order valence-corrected chi connectivity index (χ2v) is 3.54. The highest BCUT2D eigenvalue weighted by Gasteiger charge is 2.08. The molecule has 0 unspecified atom stereocenters. The summed E-state index contributed by atoms with van der Waals surface area (Å²) in [7, 11) is 0. The Morgan fingerprint density at radius 2 is 2.19 bits per heavy atom. The SMILES string of the molecule is O=C(Nc1ccc(O)c(Cl)c1)c1ccoc1. The fraction of sp³-hybridized carbons (Fsp3) is 0. The minimum atomic E-state index is -0.296. The van der Waals surface area contributed by atoms with Crippen molar-refractivity contribution in [1.82, 2.24) is 0 Å². The standard InChI is InChI=1S/C11H8ClNO3/c12-9-5-8(1-2-10(9)14)13-11(15)7-3-4-16-6-7/h1-6,14H,(H,13,15). The van der Waals surface area contributed by atoms with Crippen molar-refractivity contribution in [3.05, 3.63) is 47.4 Å². The maximum absolute atomic E-state index is 11.6. The zero-order valence-electron chi connectivity index (χ0n) is 8.11. The summed E-state index contributed by atoms with van der Waals surface area (Å²) in [6.45, 7) is 0. The predicted molar refractivity (Wildman–Crippen MR) is 59.8 cm³/mol. The van der Waals surface area contributed by atoms with E-state index in [-0.39, 0.29) is 16.7 Å². The molecular weight excluding hydrogens is 230 g/mol. The van der Waals surface area contributed by atoms with Gasteiger partial charge in [0.05, 0.1) is 16.8 Å². The van der Waals surface area contributed by atoms with E-state index in [1.807, 2.05) is 0 Å². The van der Waals surface area contributed by atoms with Crippen LogP contribution < -0.4 is 5.32 Å². The smallest absolute Gasteiger partial charge is 0.258 e. The number of anilines is 1. The van der Waals surface area contributed by atoms with Crippen LogP contribution in [0.2, 0.25) is 5.02 Å². The molecule has 4 nitrogen and oxygen atoms in total. The number of carbonyl (C=O) groups is 1. The molecule has 0 bridgehead atoms. The third-order valence-corrected chi connectivity index (χ3v) is 2.29. The molecule has 1 heterocycles. The van der Waals surface area contributed by atoms with E-state index in [4.69, 9.17) is 16.0 Å². The van der Waals surface area contributed by atoms with Crippen LogP contribution in [0.4, 0.5) is 5.69 Å². The number of benzene rings is 1. The highest BCUT2D eigenvalue weighted by atomic mass is 35.5. The van der Waals surface area contributed by atoms with Gasteiger partial charge in [0.15, 0.2) is 0 Å². The molecule has 1 amide bonds. The van der Waals surface area contributed by atoms with Gasteiger partial charge in [0.25, 0.3) is 5.91 Å². The van der Waals surface area contributed by atoms with Crippen LogP contribution in [0.25, 0.3) is 0 Å². The lowest BCUT2D eigenvalue weighted by Gasteiger charge is -2.04. The van der Waals surface area contributed by atoms with Crippen LogP contribution in [0.15, 0.2) is 41.2 Å². The van der Waals surface area contributed by atoms with E-state index in [0.29, 0.717) is 11.3 Å². The quantitative estimate of drug-likeness (QED) is 0.790. The number of phenolic OH excluding ortho intramolecular Hbond substituents is 1. The second-order valence-electron chi connectivity index (χ2n) is 3.13. The molecule has 0 radical (unpaired) electrons. The number of nitrogens with one attached hydrogen (secondary N) is 1. The first-order valence-electron chi connectivity index (χ1n) is 4.49. The fourth-order valence-corrected chi connectivity index (χ4v) is 1.36. The van der Waals surface area contributed by atoms with Gasteiger partial charge in [-0.1, -0.05) is 11.6 Å². The van der Waals surface area contributed by atoms with Crippen molar-refractivity contribution >= 4 is 23.2 Å². The van der Waals surface area contributed by atoms with Crippen molar-refractivity contribution < 1.29 is 14.3 Å². The molecule has 2 rings (SSSR count). The number of furan rings is 1. The number of halogens is 1. The number of hydrogen-bond donors (Lipinski definition) is 2. The van der Waals surface area contributed by atoms with Crippen molar-refractivity contribution in [3.8, 4) is 5.75 Å². The van der Waals surface area contributed by atoms with Crippen molar-refractivity contribution in [2.24, 2.45) is 0 Å². The lowest BCUT2D eigenvalue weighted by Crippen LogP contribution is -2.10. The van der Waals surface area contributed by atoms with Gasteiger partial charge < -0.3 is 14.8 Å². The van der Waals surface area contributed by atoms with E-state index in [1.54, 1.807) is 12.1 Å². The van der Waals surface area contributed by atoms with Gasteiger partial charge in [0.2, 0.25) is 0 Å². The van der Waals surface area contributed by atoms with Crippen molar-refractivity contribution in [1.29, 1.82) is 0 Å². The fourth-order valence-electron chi connectivity index (χ4n) is 1.18. The first kappa shape index (κ1) is 10.6. The highest BCUT2D eigenvalue weighted by molar-refractivity contribution is 6.32. The molecule has 0 saturated heterocycles. The Morgan fingerprint density at radius 1 is 1.38 bits per heavy atom. The topological polar surface area (TPSA) is 62.5 Å². The van der Waals surface area contributed by atoms with E-state index in [9.17, 15) is 9.90 Å². The maximum Gasteiger partial charge on any atom is 0.258 e. The summed E-state index contributed by atoms with van der Waals surface area (Å²) >= 11 is 5.70. The van der Waals surface area contributed by atoms with Crippen molar-refractivity contribution in [3.63, 3.8) is 0 Å². The Balaban J connectivity index is 2.15. The normalized spacial score (nSPS) is 10.1. The summed E-state index contributed by atoms with van der Waals surface area (Å²) in [5, 5.41) is 12.0. The summed E-state index contributed by atoms with van der Waals surface area (Å²) in [5.41, 5.74) is 0.929. The lowest BCUT2D eigenvalue weighted by atomic mass is 10.2. The number of rotatable bonds is 2. The van der Waals surface area contributed by atoms with Gasteiger partial charge in [-0.2, -0.15) is 0 Å². The Morgan fingerprint density at radius 3 is 2.81 bits per heavy atom. The van der Waals surface area contributed by atoms with Gasteiger partial charge >= 0.3 is 0 Å². The molecule has 2 N–H and O–H groups in total. The minimum Gasteiger partial charge on any atom is -0.506 e. The Hall–Kier alpha value is -1.94. The van der Waals surface area contributed by atoms with E-state index in [1.165, 1.54) is 24.7 Å². The lowest BCUT2D eigenvalue weighted by molar-refractivity contribution is 0.102. The molecule has 0 aliphatic rings. The monoisotopic (exact) mass is 237 g/mol. The van der Waals surface area contributed by atoms with Gasteiger partial charge in [-0.3, -0.25) is 4.79 Å². The Kier molecular flexibility index (Phi) is 2.83. The molecule has 82 valence electrons. The number of carbonyl (C=O) groups excluding carboxylic acids is 1. The molecule has 0 fully saturated rings. The number of aromatic hydroxyl groups is 1. The highest BCUT2D eigenvalue weighted by Crippen LogP contribution is 2.26. The second kappa shape index (κ2) is 4.28. The predicted octanol–water partition coefficient (Wildman–Crippen LogP) is 2.89. The number of phenols is 1. The van der Waals surface area contributed by atoms with Crippen LogP contribution in [-0.2, 0) is 0 Å². The molecule has 0 atom stereocenters. The van der Waals surface area contributed by atoms with Gasteiger partial charge in [0, 0.05) is 5.69 Å². The number of hydrogen-bond acceptors (Lipinski definition) is 3. The summed E-state index contributed by atoms with van der Waals surface area (Å²) < 4.78 is 4.79. The molecule has 1 aromatic carbocycles. The molecule has 0 aliphatic heterocycles. The molecule has 0 saturated carbocycles. The molecular formula is C11H8ClNO3. The van der Waals surface area contributed by atoms with Crippen molar-refractivity contribution in [2.45, 2.75) is 0 Å². The molecule has 2 aromatic rings. The van der Waals surface area contributed by atoms with Gasteiger partial charge in [-0.15, -0.1) is 0 Å². The summed E-state index contributed by atoms with van der Waals surface area (Å²) in [6.07, 6.45) is 2.76. The zero-order chi connectivity index (χ0) is 11.5. The average Bonchev–Trinajstić information content (AvgIpc) is 2.77. The molecule has 5 heteroatoms. The molecule has 16 heavy (non-hydrogen) atoms. The third-order valence-electron chi connectivity index (χ3n) is 1.99. The molecule has 0 aliphatic carbocycles.